The molecule has 0 unspecified atom stereocenters. The summed E-state index contributed by atoms with van der Waals surface area (Å²) in [6.45, 7) is 10.3. The number of allylic oxidation sites excluding steroid dienone is 2. The van der Waals surface area contributed by atoms with Gasteiger partial charge >= 0.3 is 0 Å². The van der Waals surface area contributed by atoms with Gasteiger partial charge in [0.2, 0.25) is 0 Å². The molecule has 0 bridgehead atoms. The molecule has 25 heavy (non-hydrogen) atoms. The molecule has 0 radical (unpaired) electrons. The van der Waals surface area contributed by atoms with Crippen molar-refractivity contribution in [1.82, 2.24) is 0 Å². The quantitative estimate of drug-likeness (QED) is 0.696. The predicted molar refractivity (Wildman–Crippen MR) is 108 cm³/mol. The first-order valence-electron chi connectivity index (χ1n) is 9.32. The van der Waals surface area contributed by atoms with Crippen LogP contribution in [-0.4, -0.2) is 25.4 Å². The molecule has 0 atom stereocenters. The number of benzene rings is 1. The maximum absolute atomic E-state index is 5.27. The van der Waals surface area contributed by atoms with Crippen molar-refractivity contribution in [3.05, 3.63) is 46.0 Å². The number of methoxy groups -OCH3 is 2. The standard InChI is InChI=1S/C15H16.C8H18O2/c1-11-10-12-6-2-3-8-14(12)15-9-5-4-7-13(11)15;1-7(2,9-5)8(3,4)10-6/h2,4,6-7,10H,3,5,8-9H2,1H3;1-6H3. The molecular weight excluding hydrogens is 308 g/mol. The number of ether oxygens (including phenoxy) is 2. The number of fused-ring (bicyclic) bond motifs is 3. The van der Waals surface area contributed by atoms with Crippen LogP contribution in [0.4, 0.5) is 0 Å². The minimum absolute atomic E-state index is 0.234. The Morgan fingerprint density at radius 3 is 1.88 bits per heavy atom. The molecule has 0 heterocycles. The average molecular weight is 343 g/mol. The van der Waals surface area contributed by atoms with Crippen molar-refractivity contribution in [3.63, 3.8) is 0 Å². The second-order valence-electron chi connectivity index (χ2n) is 7.96. The molecule has 138 valence electrons. The largest absolute Gasteiger partial charge is 0.376 e. The fourth-order valence-corrected chi connectivity index (χ4v) is 3.29. The van der Waals surface area contributed by atoms with Gasteiger partial charge in [-0.2, -0.15) is 0 Å². The van der Waals surface area contributed by atoms with Crippen LogP contribution in [0.3, 0.4) is 0 Å². The zero-order chi connectivity index (χ0) is 18.7. The summed E-state index contributed by atoms with van der Waals surface area (Å²) < 4.78 is 10.5. The van der Waals surface area contributed by atoms with Gasteiger partial charge in [0.05, 0.1) is 11.2 Å². The van der Waals surface area contributed by atoms with Crippen LogP contribution in [-0.2, 0) is 22.3 Å². The predicted octanol–water partition coefficient (Wildman–Crippen LogP) is 5.75. The monoisotopic (exact) mass is 342 g/mol. The Balaban J connectivity index is 0.000000199. The Labute approximate surface area is 153 Å². The molecule has 0 amide bonds. The Bertz CT molecular complexity index is 649. The van der Waals surface area contributed by atoms with Gasteiger partial charge in [0, 0.05) is 14.2 Å². The van der Waals surface area contributed by atoms with E-state index in [1.54, 1.807) is 25.3 Å². The summed E-state index contributed by atoms with van der Waals surface area (Å²) in [7, 11) is 3.39. The molecule has 1 aromatic carbocycles. The Hall–Kier alpha value is -1.38. The van der Waals surface area contributed by atoms with Crippen molar-refractivity contribution in [2.45, 2.75) is 71.5 Å². The highest BCUT2D eigenvalue weighted by molar-refractivity contribution is 5.69. The normalized spacial score (nSPS) is 16.0. The highest BCUT2D eigenvalue weighted by Crippen LogP contribution is 2.32. The zero-order valence-electron chi connectivity index (χ0n) is 17.0. The highest BCUT2D eigenvalue weighted by atomic mass is 16.5. The molecule has 2 aliphatic carbocycles. The van der Waals surface area contributed by atoms with E-state index in [9.17, 15) is 0 Å². The smallest absolute Gasteiger partial charge is 0.0905 e. The van der Waals surface area contributed by atoms with E-state index in [-0.39, 0.29) is 11.2 Å². The number of rotatable bonds is 3. The van der Waals surface area contributed by atoms with Crippen molar-refractivity contribution in [2.75, 3.05) is 14.2 Å². The first-order chi connectivity index (χ1) is 11.7. The van der Waals surface area contributed by atoms with Crippen molar-refractivity contribution in [3.8, 4) is 0 Å². The van der Waals surface area contributed by atoms with Gasteiger partial charge in [-0.3, -0.25) is 0 Å². The van der Waals surface area contributed by atoms with Crippen LogP contribution in [0.5, 0.6) is 0 Å². The van der Waals surface area contributed by atoms with Crippen LogP contribution in [0.1, 0.15) is 68.4 Å². The molecule has 0 N–H and O–H groups in total. The van der Waals surface area contributed by atoms with Crippen LogP contribution in [0.25, 0.3) is 12.2 Å². The second-order valence-corrected chi connectivity index (χ2v) is 7.96. The summed E-state index contributed by atoms with van der Waals surface area (Å²) in [6, 6.07) is 2.35. The van der Waals surface area contributed by atoms with Gasteiger partial charge in [-0.05, 0) is 88.1 Å². The molecule has 2 aliphatic rings. The fraction of sp³-hybridized carbons (Fsp3) is 0.565. The van der Waals surface area contributed by atoms with E-state index in [2.05, 4.69) is 37.3 Å². The molecule has 0 aromatic heterocycles. The van der Waals surface area contributed by atoms with Crippen LogP contribution >= 0.6 is 0 Å². The Kier molecular flexibility index (Phi) is 6.29. The molecule has 0 saturated carbocycles. The van der Waals surface area contributed by atoms with E-state index in [1.165, 1.54) is 42.4 Å². The van der Waals surface area contributed by atoms with Crippen LogP contribution < -0.4 is 0 Å². The molecule has 2 heteroatoms. The van der Waals surface area contributed by atoms with Crippen molar-refractivity contribution in [1.29, 1.82) is 0 Å². The SMILES string of the molecule is COC(C)(C)C(C)(C)OC.Cc1cc2c(c3c1C=CCC3)CCC=C2. The second kappa shape index (κ2) is 7.88. The third-order valence-electron chi connectivity index (χ3n) is 6.01. The molecule has 0 aliphatic heterocycles. The minimum atomic E-state index is -0.234. The van der Waals surface area contributed by atoms with Gasteiger partial charge in [-0.1, -0.05) is 30.4 Å². The molecule has 2 nitrogen and oxygen atoms in total. The molecule has 0 fully saturated rings. The maximum Gasteiger partial charge on any atom is 0.0905 e. The molecule has 3 rings (SSSR count). The van der Waals surface area contributed by atoms with Gasteiger partial charge in [0.15, 0.2) is 0 Å². The zero-order valence-corrected chi connectivity index (χ0v) is 17.0. The van der Waals surface area contributed by atoms with Crippen molar-refractivity contribution >= 4 is 12.2 Å². The summed E-state index contributed by atoms with van der Waals surface area (Å²) in [5.74, 6) is 0. The summed E-state index contributed by atoms with van der Waals surface area (Å²) >= 11 is 0. The topological polar surface area (TPSA) is 18.5 Å². The van der Waals surface area contributed by atoms with Crippen LogP contribution in [0.15, 0.2) is 18.2 Å². The summed E-state index contributed by atoms with van der Waals surface area (Å²) in [5, 5.41) is 0. The van der Waals surface area contributed by atoms with E-state index >= 15 is 0 Å². The van der Waals surface area contributed by atoms with Gasteiger partial charge in [-0.25, -0.2) is 0 Å². The first kappa shape index (κ1) is 19.9. The maximum atomic E-state index is 5.27. The molecule has 0 saturated heterocycles. The van der Waals surface area contributed by atoms with E-state index in [0.717, 1.165) is 0 Å². The summed E-state index contributed by atoms with van der Waals surface area (Å²) in [4.78, 5) is 0. The van der Waals surface area contributed by atoms with Gasteiger partial charge < -0.3 is 9.47 Å². The summed E-state index contributed by atoms with van der Waals surface area (Å²) in [5.41, 5.74) is 7.16. The lowest BCUT2D eigenvalue weighted by Gasteiger charge is -2.38. The van der Waals surface area contributed by atoms with Crippen LogP contribution in [0.2, 0.25) is 0 Å². The minimum Gasteiger partial charge on any atom is -0.376 e. The lowest BCUT2D eigenvalue weighted by Crippen LogP contribution is -2.48. The van der Waals surface area contributed by atoms with E-state index < -0.39 is 0 Å². The molecule has 0 spiro atoms. The third kappa shape index (κ3) is 4.24. The van der Waals surface area contributed by atoms with E-state index in [4.69, 9.17) is 9.47 Å². The average Bonchev–Trinajstić information content (AvgIpc) is 2.62. The Morgan fingerprint density at radius 2 is 1.32 bits per heavy atom. The van der Waals surface area contributed by atoms with E-state index in [1.807, 2.05) is 27.7 Å². The number of hydrogen-bond donors (Lipinski definition) is 0. The number of hydrogen-bond acceptors (Lipinski definition) is 2. The van der Waals surface area contributed by atoms with E-state index in [0.29, 0.717) is 0 Å². The Morgan fingerprint density at radius 1 is 0.800 bits per heavy atom. The van der Waals surface area contributed by atoms with Crippen molar-refractivity contribution in [2.24, 2.45) is 0 Å². The van der Waals surface area contributed by atoms with Crippen molar-refractivity contribution < 1.29 is 9.47 Å². The number of aryl methyl sites for hydroxylation is 1. The third-order valence-corrected chi connectivity index (χ3v) is 6.01. The lowest BCUT2D eigenvalue weighted by atomic mass is 9.83. The fourth-order valence-electron chi connectivity index (χ4n) is 3.29. The highest BCUT2D eigenvalue weighted by Gasteiger charge is 2.36. The lowest BCUT2D eigenvalue weighted by molar-refractivity contribution is -0.147. The van der Waals surface area contributed by atoms with Gasteiger partial charge in [-0.15, -0.1) is 0 Å². The molecular formula is C23H34O2. The molecule has 1 aromatic rings. The van der Waals surface area contributed by atoms with Crippen LogP contribution in [0, 0.1) is 6.92 Å². The van der Waals surface area contributed by atoms with Gasteiger partial charge in [0.1, 0.15) is 0 Å². The summed E-state index contributed by atoms with van der Waals surface area (Å²) in [6.07, 6.45) is 14.1. The van der Waals surface area contributed by atoms with Gasteiger partial charge in [0.25, 0.3) is 0 Å². The first-order valence-corrected chi connectivity index (χ1v) is 9.32.